The van der Waals surface area contributed by atoms with Crippen LogP contribution < -0.4 is 15.4 Å². The van der Waals surface area contributed by atoms with Gasteiger partial charge >= 0.3 is 0 Å². The van der Waals surface area contributed by atoms with Crippen LogP contribution in [0.15, 0.2) is 35.4 Å². The summed E-state index contributed by atoms with van der Waals surface area (Å²) in [7, 11) is -0.389. The van der Waals surface area contributed by atoms with Crippen LogP contribution >= 0.6 is 0 Å². The van der Waals surface area contributed by atoms with Crippen LogP contribution in [-0.4, -0.2) is 39.2 Å². The van der Waals surface area contributed by atoms with Crippen LogP contribution in [0.25, 0.3) is 0 Å². The summed E-state index contributed by atoms with van der Waals surface area (Å²) in [6.45, 7) is 1.39. The Hall–Kier alpha value is -2.65. The quantitative estimate of drug-likeness (QED) is 0.698. The molecule has 2 rings (SSSR count). The van der Waals surface area contributed by atoms with Gasteiger partial charge in [0.25, 0.3) is 5.91 Å². The Labute approximate surface area is 139 Å². The third kappa shape index (κ3) is 3.81. The van der Waals surface area contributed by atoms with E-state index in [9.17, 15) is 18.0 Å². The number of nitrogens with zero attached hydrogens (tertiary/aromatic N) is 1. The Morgan fingerprint density at radius 3 is 2.38 bits per heavy atom. The van der Waals surface area contributed by atoms with E-state index in [1.54, 1.807) is 25.1 Å². The lowest BCUT2D eigenvalue weighted by Crippen LogP contribution is -2.19. The maximum absolute atomic E-state index is 12.3. The smallest absolute Gasteiger partial charge is 0.272 e. The van der Waals surface area contributed by atoms with Crippen molar-refractivity contribution in [3.8, 4) is 0 Å². The molecule has 1 amide bonds. The number of H-pyrrole nitrogens is 1. The van der Waals surface area contributed by atoms with Crippen LogP contribution in [0.2, 0.25) is 0 Å². The standard InChI is InChI=1S/C15H18N4O4S/c1-9(20)10-6-13(17-8-10)15(21)18-12-7-11(24(16,22)23)4-5-14(12)19(2)3/h4-8,17H,1-3H3,(H,18,21)(H2,16,22,23). The zero-order chi connectivity index (χ0) is 18.1. The van der Waals surface area contributed by atoms with E-state index in [1.807, 2.05) is 0 Å². The number of nitrogens with one attached hydrogen (secondary N) is 2. The molecule has 1 aromatic heterocycles. The van der Waals surface area contributed by atoms with Crippen molar-refractivity contribution in [1.29, 1.82) is 0 Å². The second-order valence-corrected chi connectivity index (χ2v) is 6.99. The minimum atomic E-state index is -3.90. The van der Waals surface area contributed by atoms with Crippen molar-refractivity contribution in [2.24, 2.45) is 5.14 Å². The number of Topliss-reactive ketones (excluding diaryl/α,β-unsaturated/α-hetero) is 1. The number of sulfonamides is 1. The molecule has 0 fully saturated rings. The number of carbonyl (C=O) groups is 2. The van der Waals surface area contributed by atoms with E-state index >= 15 is 0 Å². The first-order valence-corrected chi connectivity index (χ1v) is 8.49. The number of hydrogen-bond acceptors (Lipinski definition) is 5. The maximum atomic E-state index is 12.3. The van der Waals surface area contributed by atoms with E-state index in [4.69, 9.17) is 5.14 Å². The number of carbonyl (C=O) groups excluding carboxylic acids is 2. The lowest BCUT2D eigenvalue weighted by atomic mass is 10.2. The van der Waals surface area contributed by atoms with Crippen LogP contribution in [0.1, 0.15) is 27.8 Å². The van der Waals surface area contributed by atoms with Crippen molar-refractivity contribution in [3.05, 3.63) is 41.7 Å². The minimum absolute atomic E-state index is 0.112. The van der Waals surface area contributed by atoms with E-state index in [1.165, 1.54) is 31.3 Å². The number of aromatic nitrogens is 1. The SMILES string of the molecule is CC(=O)c1c[nH]c(C(=O)Nc2cc(S(N)(=O)=O)ccc2N(C)C)c1. The van der Waals surface area contributed by atoms with Gasteiger partial charge in [-0.05, 0) is 31.2 Å². The third-order valence-corrected chi connectivity index (χ3v) is 4.27. The predicted octanol–water partition coefficient (Wildman–Crippen LogP) is 1.18. The van der Waals surface area contributed by atoms with Gasteiger partial charge < -0.3 is 15.2 Å². The Morgan fingerprint density at radius 1 is 1.21 bits per heavy atom. The molecule has 0 bridgehead atoms. The van der Waals surface area contributed by atoms with Crippen molar-refractivity contribution in [2.75, 3.05) is 24.3 Å². The van der Waals surface area contributed by atoms with Gasteiger partial charge in [-0.25, -0.2) is 13.6 Å². The number of nitrogens with two attached hydrogens (primary N) is 1. The van der Waals surface area contributed by atoms with Gasteiger partial charge in [-0.3, -0.25) is 9.59 Å². The average Bonchev–Trinajstić information content (AvgIpc) is 2.96. The first-order chi connectivity index (χ1) is 11.1. The molecule has 0 aliphatic carbocycles. The number of benzene rings is 1. The molecular weight excluding hydrogens is 332 g/mol. The minimum Gasteiger partial charge on any atom is -0.376 e. The summed E-state index contributed by atoms with van der Waals surface area (Å²) in [6.07, 6.45) is 1.44. The normalized spacial score (nSPS) is 11.2. The van der Waals surface area contributed by atoms with Crippen LogP contribution in [-0.2, 0) is 10.0 Å². The number of aromatic amines is 1. The molecule has 4 N–H and O–H groups in total. The van der Waals surface area contributed by atoms with Crippen molar-refractivity contribution in [1.82, 2.24) is 4.98 Å². The molecule has 0 unspecified atom stereocenters. The molecule has 128 valence electrons. The van der Waals surface area contributed by atoms with Gasteiger partial charge in [-0.2, -0.15) is 0 Å². The Bertz CT molecular complexity index is 900. The van der Waals surface area contributed by atoms with Gasteiger partial charge in [-0.15, -0.1) is 0 Å². The lowest BCUT2D eigenvalue weighted by Gasteiger charge is -2.18. The number of primary sulfonamides is 1. The fourth-order valence-electron chi connectivity index (χ4n) is 2.10. The average molecular weight is 350 g/mol. The second kappa shape index (κ2) is 6.46. The molecule has 0 radical (unpaired) electrons. The summed E-state index contributed by atoms with van der Waals surface area (Å²) in [4.78, 5) is 28.0. The third-order valence-electron chi connectivity index (χ3n) is 3.36. The van der Waals surface area contributed by atoms with Crippen molar-refractivity contribution >= 4 is 33.1 Å². The second-order valence-electron chi connectivity index (χ2n) is 5.43. The molecule has 0 aliphatic rings. The number of hydrogen-bond donors (Lipinski definition) is 3. The molecular formula is C15H18N4O4S. The van der Waals surface area contributed by atoms with Crippen molar-refractivity contribution in [3.63, 3.8) is 0 Å². The summed E-state index contributed by atoms with van der Waals surface area (Å²) in [6, 6.07) is 5.63. The summed E-state index contributed by atoms with van der Waals surface area (Å²) in [5, 5.41) is 7.76. The molecule has 0 atom stereocenters. The highest BCUT2D eigenvalue weighted by molar-refractivity contribution is 7.89. The van der Waals surface area contributed by atoms with Crippen LogP contribution in [0.5, 0.6) is 0 Å². The van der Waals surface area contributed by atoms with Crippen molar-refractivity contribution < 1.29 is 18.0 Å². The highest BCUT2D eigenvalue weighted by Crippen LogP contribution is 2.27. The number of ketones is 1. The first-order valence-electron chi connectivity index (χ1n) is 6.94. The monoisotopic (exact) mass is 350 g/mol. The fourth-order valence-corrected chi connectivity index (χ4v) is 2.64. The molecule has 24 heavy (non-hydrogen) atoms. The van der Waals surface area contributed by atoms with Gasteiger partial charge in [0.1, 0.15) is 5.69 Å². The summed E-state index contributed by atoms with van der Waals surface area (Å²) < 4.78 is 23.0. The Kier molecular flexibility index (Phi) is 4.76. The summed E-state index contributed by atoms with van der Waals surface area (Å²) >= 11 is 0. The van der Waals surface area contributed by atoms with Gasteiger partial charge in [0.2, 0.25) is 10.0 Å². The van der Waals surface area contributed by atoms with Gasteiger partial charge in [0.05, 0.1) is 16.3 Å². The predicted molar refractivity (Wildman–Crippen MR) is 90.9 cm³/mol. The molecule has 2 aromatic rings. The highest BCUT2D eigenvalue weighted by atomic mass is 32.2. The lowest BCUT2D eigenvalue weighted by molar-refractivity contribution is 0.101. The largest absolute Gasteiger partial charge is 0.376 e. The van der Waals surface area contributed by atoms with Crippen molar-refractivity contribution in [2.45, 2.75) is 11.8 Å². The highest BCUT2D eigenvalue weighted by Gasteiger charge is 2.16. The molecule has 0 saturated carbocycles. The first kappa shape index (κ1) is 17.7. The Balaban J connectivity index is 2.39. The van der Waals surface area contributed by atoms with Gasteiger partial charge in [0, 0.05) is 25.9 Å². The van der Waals surface area contributed by atoms with Gasteiger partial charge in [-0.1, -0.05) is 0 Å². The molecule has 9 heteroatoms. The maximum Gasteiger partial charge on any atom is 0.272 e. The van der Waals surface area contributed by atoms with Crippen LogP contribution in [0, 0.1) is 0 Å². The molecule has 1 heterocycles. The van der Waals surface area contributed by atoms with E-state index in [-0.39, 0.29) is 22.1 Å². The fraction of sp³-hybridized carbons (Fsp3) is 0.200. The van der Waals surface area contributed by atoms with Crippen LogP contribution in [0.4, 0.5) is 11.4 Å². The summed E-state index contributed by atoms with van der Waals surface area (Å²) in [5.74, 6) is -0.673. The molecule has 0 saturated heterocycles. The number of rotatable bonds is 5. The topological polar surface area (TPSA) is 125 Å². The number of anilines is 2. The molecule has 0 spiro atoms. The van der Waals surface area contributed by atoms with Gasteiger partial charge in [0.15, 0.2) is 5.78 Å². The van der Waals surface area contributed by atoms with E-state index in [2.05, 4.69) is 10.3 Å². The summed E-state index contributed by atoms with van der Waals surface area (Å²) in [5.41, 5.74) is 1.46. The van der Waals surface area contributed by atoms with E-state index in [0.29, 0.717) is 11.3 Å². The van der Waals surface area contributed by atoms with E-state index < -0.39 is 15.9 Å². The molecule has 0 aliphatic heterocycles. The van der Waals surface area contributed by atoms with Crippen LogP contribution in [0.3, 0.4) is 0 Å². The zero-order valence-electron chi connectivity index (χ0n) is 13.5. The number of amides is 1. The van der Waals surface area contributed by atoms with E-state index in [0.717, 1.165) is 0 Å². The Morgan fingerprint density at radius 2 is 1.88 bits per heavy atom. The zero-order valence-corrected chi connectivity index (χ0v) is 14.3. The molecule has 1 aromatic carbocycles. The molecule has 8 nitrogen and oxygen atoms in total.